The minimum absolute atomic E-state index is 0.346. The van der Waals surface area contributed by atoms with Crippen LogP contribution in [-0.2, 0) is 17.8 Å². The number of aryl methyl sites for hydroxylation is 2. The maximum Gasteiger partial charge on any atom is 0.290 e. The lowest BCUT2D eigenvalue weighted by Gasteiger charge is -2.10. The van der Waals surface area contributed by atoms with E-state index in [4.69, 9.17) is 9.47 Å². The number of amides is 2. The van der Waals surface area contributed by atoms with Crippen LogP contribution in [0.4, 0.5) is 4.79 Å². The molecule has 1 N–H and O–H groups in total. The highest BCUT2D eigenvalue weighted by Gasteiger charge is 2.24. The number of ether oxygens (including phenoxy) is 2. The molecule has 0 bridgehead atoms. The molecule has 8 heteroatoms. The highest BCUT2D eigenvalue weighted by atomic mass is 32.2. The lowest BCUT2D eigenvalue weighted by Crippen LogP contribution is -2.17. The highest BCUT2D eigenvalue weighted by Crippen LogP contribution is 2.29. The average molecular weight is 409 g/mol. The Morgan fingerprint density at radius 3 is 2.66 bits per heavy atom. The fourth-order valence-electron chi connectivity index (χ4n) is 3.21. The lowest BCUT2D eigenvalue weighted by molar-refractivity contribution is -0.115. The molecule has 1 saturated heterocycles. The summed E-state index contributed by atoms with van der Waals surface area (Å²) >= 11 is 0.907. The van der Waals surface area contributed by atoms with Crippen LogP contribution in [0.15, 0.2) is 47.6 Å². The van der Waals surface area contributed by atoms with Crippen LogP contribution >= 0.6 is 11.8 Å². The summed E-state index contributed by atoms with van der Waals surface area (Å²) in [6, 6.07) is 11.7. The number of hydrogen-bond acceptors (Lipinski definition) is 6. The molecule has 29 heavy (non-hydrogen) atoms. The summed E-state index contributed by atoms with van der Waals surface area (Å²) in [5.74, 6) is 1.06. The van der Waals surface area contributed by atoms with Gasteiger partial charge in [0.2, 0.25) is 0 Å². The van der Waals surface area contributed by atoms with Crippen LogP contribution in [0.3, 0.4) is 0 Å². The Morgan fingerprint density at radius 1 is 1.10 bits per heavy atom. The normalized spacial score (nSPS) is 15.2. The lowest BCUT2D eigenvalue weighted by atomic mass is 10.1. The predicted molar refractivity (Wildman–Crippen MR) is 112 cm³/mol. The number of nitrogens with zero attached hydrogens (tertiary/aromatic N) is 2. The van der Waals surface area contributed by atoms with Gasteiger partial charge in [0.25, 0.3) is 11.1 Å². The molecule has 2 amide bonds. The number of thioether (sulfide) groups is 1. The predicted octanol–water partition coefficient (Wildman–Crippen LogP) is 3.62. The third kappa shape index (κ3) is 3.97. The largest absolute Gasteiger partial charge is 0.493 e. The summed E-state index contributed by atoms with van der Waals surface area (Å²) in [6.07, 6.45) is 4.33. The van der Waals surface area contributed by atoms with E-state index >= 15 is 0 Å². The summed E-state index contributed by atoms with van der Waals surface area (Å²) in [5, 5.41) is 1.91. The van der Waals surface area contributed by atoms with Gasteiger partial charge in [-0.1, -0.05) is 12.1 Å². The second-order valence-electron chi connectivity index (χ2n) is 6.48. The van der Waals surface area contributed by atoms with Crippen LogP contribution in [0.1, 0.15) is 11.1 Å². The zero-order chi connectivity index (χ0) is 20.4. The highest BCUT2D eigenvalue weighted by molar-refractivity contribution is 8.18. The van der Waals surface area contributed by atoms with Crippen LogP contribution in [0, 0.1) is 0 Å². The maximum atomic E-state index is 11.7. The van der Waals surface area contributed by atoms with Gasteiger partial charge in [-0.25, -0.2) is 4.98 Å². The number of rotatable bonds is 6. The van der Waals surface area contributed by atoms with E-state index in [2.05, 4.69) is 14.9 Å². The first-order valence-electron chi connectivity index (χ1n) is 8.98. The van der Waals surface area contributed by atoms with Crippen LogP contribution in [-0.4, -0.2) is 34.9 Å². The number of imide groups is 1. The molecule has 148 valence electrons. The molecule has 0 radical (unpaired) electrons. The van der Waals surface area contributed by atoms with Gasteiger partial charge < -0.3 is 14.0 Å². The molecule has 1 aromatic heterocycles. The standard InChI is InChI=1S/C21H19N3O4S/c1-27-17-6-4-13(10-18(17)28-2)7-8-24-12-22-15-9-14(3-5-16(15)24)11-19-20(25)23-21(26)29-19/h3-6,9-12H,7-8H2,1-2H3,(H,23,25,26)/b19-11-. The summed E-state index contributed by atoms with van der Waals surface area (Å²) < 4.78 is 12.7. The number of methoxy groups -OCH3 is 2. The van der Waals surface area contributed by atoms with Gasteiger partial charge in [0.15, 0.2) is 11.5 Å². The molecule has 4 rings (SSSR count). The van der Waals surface area contributed by atoms with E-state index in [1.165, 1.54) is 0 Å². The third-order valence-electron chi connectivity index (χ3n) is 4.67. The van der Waals surface area contributed by atoms with Gasteiger partial charge in [0.1, 0.15) is 0 Å². The van der Waals surface area contributed by atoms with Crippen LogP contribution < -0.4 is 14.8 Å². The van der Waals surface area contributed by atoms with Crippen molar-refractivity contribution >= 4 is 40.0 Å². The van der Waals surface area contributed by atoms with Crippen LogP contribution in [0.25, 0.3) is 17.1 Å². The summed E-state index contributed by atoms with van der Waals surface area (Å²) in [7, 11) is 3.25. The van der Waals surface area contributed by atoms with Gasteiger partial charge in [-0.3, -0.25) is 14.9 Å². The number of imidazole rings is 1. The number of carbonyl (C=O) groups is 2. The second-order valence-corrected chi connectivity index (χ2v) is 7.49. The van der Waals surface area contributed by atoms with E-state index < -0.39 is 0 Å². The summed E-state index contributed by atoms with van der Waals surface area (Å²) in [6.45, 7) is 0.763. The first-order valence-corrected chi connectivity index (χ1v) is 9.79. The maximum absolute atomic E-state index is 11.7. The van der Waals surface area contributed by atoms with E-state index in [1.807, 2.05) is 42.7 Å². The SMILES string of the molecule is COc1ccc(CCn2cnc3cc(/C=C4\SC(=O)NC4=O)ccc32)cc1OC. The van der Waals surface area contributed by atoms with E-state index in [0.29, 0.717) is 16.4 Å². The Kier molecular flexibility index (Phi) is 5.26. The molecular weight excluding hydrogens is 390 g/mol. The quantitative estimate of drug-likeness (QED) is 0.626. The Labute approximate surface area is 171 Å². The Morgan fingerprint density at radius 2 is 1.93 bits per heavy atom. The molecule has 1 aliphatic heterocycles. The van der Waals surface area contributed by atoms with Crippen molar-refractivity contribution in [3.05, 3.63) is 58.8 Å². The number of carbonyl (C=O) groups excluding carboxylic acids is 2. The number of benzene rings is 2. The smallest absolute Gasteiger partial charge is 0.290 e. The zero-order valence-corrected chi connectivity index (χ0v) is 16.8. The summed E-state index contributed by atoms with van der Waals surface area (Å²) in [4.78, 5) is 27.9. The minimum Gasteiger partial charge on any atom is -0.493 e. The molecule has 7 nitrogen and oxygen atoms in total. The molecule has 1 aliphatic rings. The third-order valence-corrected chi connectivity index (χ3v) is 5.48. The van der Waals surface area contributed by atoms with Gasteiger partial charge in [-0.05, 0) is 59.7 Å². The topological polar surface area (TPSA) is 82.5 Å². The first-order chi connectivity index (χ1) is 14.1. The van der Waals surface area contributed by atoms with Crippen molar-refractivity contribution in [2.75, 3.05) is 14.2 Å². The van der Waals surface area contributed by atoms with Crippen molar-refractivity contribution in [2.45, 2.75) is 13.0 Å². The van der Waals surface area contributed by atoms with Gasteiger partial charge in [-0.15, -0.1) is 0 Å². The average Bonchev–Trinajstić information content (AvgIpc) is 3.27. The summed E-state index contributed by atoms with van der Waals surface area (Å²) in [5.41, 5.74) is 3.81. The molecule has 2 aromatic carbocycles. The number of nitrogens with one attached hydrogen (secondary N) is 1. The van der Waals surface area contributed by atoms with Crippen molar-refractivity contribution < 1.29 is 19.1 Å². The van der Waals surface area contributed by atoms with Gasteiger partial charge >= 0.3 is 0 Å². The van der Waals surface area contributed by atoms with Gasteiger partial charge in [0.05, 0.1) is 36.5 Å². The second kappa shape index (κ2) is 8.00. The fraction of sp³-hybridized carbons (Fsp3) is 0.190. The van der Waals surface area contributed by atoms with Crippen molar-refractivity contribution in [1.82, 2.24) is 14.9 Å². The van der Waals surface area contributed by atoms with Gasteiger partial charge in [-0.2, -0.15) is 0 Å². The van der Waals surface area contributed by atoms with Crippen molar-refractivity contribution in [3.63, 3.8) is 0 Å². The molecule has 1 fully saturated rings. The van der Waals surface area contributed by atoms with E-state index in [9.17, 15) is 9.59 Å². The zero-order valence-electron chi connectivity index (χ0n) is 16.0. The molecule has 0 aliphatic carbocycles. The Hall–Kier alpha value is -3.26. The van der Waals surface area contributed by atoms with Crippen molar-refractivity contribution in [1.29, 1.82) is 0 Å². The molecule has 0 spiro atoms. The number of hydrogen-bond donors (Lipinski definition) is 1. The van der Waals surface area contributed by atoms with Crippen molar-refractivity contribution in [2.24, 2.45) is 0 Å². The molecule has 0 unspecified atom stereocenters. The fourth-order valence-corrected chi connectivity index (χ4v) is 3.89. The minimum atomic E-state index is -0.361. The van der Waals surface area contributed by atoms with E-state index in [-0.39, 0.29) is 11.1 Å². The van der Waals surface area contributed by atoms with E-state index in [0.717, 1.165) is 46.9 Å². The van der Waals surface area contributed by atoms with Gasteiger partial charge in [0, 0.05) is 6.54 Å². The molecular formula is C21H19N3O4S. The Bertz CT molecular complexity index is 1140. The number of aromatic nitrogens is 2. The van der Waals surface area contributed by atoms with Crippen LogP contribution in [0.2, 0.25) is 0 Å². The van der Waals surface area contributed by atoms with Crippen LogP contribution in [0.5, 0.6) is 11.5 Å². The first kappa shape index (κ1) is 19.1. The molecule has 0 saturated carbocycles. The molecule has 0 atom stereocenters. The Balaban J connectivity index is 1.52. The number of fused-ring (bicyclic) bond motifs is 1. The monoisotopic (exact) mass is 409 g/mol. The van der Waals surface area contributed by atoms with Crippen molar-refractivity contribution in [3.8, 4) is 11.5 Å². The molecule has 2 heterocycles. The van der Waals surface area contributed by atoms with E-state index in [1.54, 1.807) is 20.3 Å². The molecule has 3 aromatic rings.